The van der Waals surface area contributed by atoms with Crippen LogP contribution >= 0.6 is 22.9 Å². The highest BCUT2D eigenvalue weighted by Gasteiger charge is 2.20. The Labute approximate surface area is 103 Å². The molecule has 2 aromatic rings. The van der Waals surface area contributed by atoms with E-state index < -0.39 is 6.10 Å². The zero-order chi connectivity index (χ0) is 11.5. The van der Waals surface area contributed by atoms with Crippen LogP contribution in [0.1, 0.15) is 40.5 Å². The summed E-state index contributed by atoms with van der Waals surface area (Å²) in [5, 5.41) is 16.4. The van der Waals surface area contributed by atoms with E-state index in [2.05, 4.69) is 16.5 Å². The first-order valence-corrected chi connectivity index (χ1v) is 6.92. The Balaban J connectivity index is 2.30. The van der Waals surface area contributed by atoms with Crippen molar-refractivity contribution in [1.82, 2.24) is 9.59 Å². The van der Waals surface area contributed by atoms with Crippen LogP contribution in [0.25, 0.3) is 0 Å². The maximum atomic E-state index is 10.3. The van der Waals surface area contributed by atoms with Gasteiger partial charge in [-0.2, -0.15) is 0 Å². The molecule has 0 fully saturated rings. The smallest absolute Gasteiger partial charge is 0.126 e. The number of aryl methyl sites for hydroxylation is 2. The van der Waals surface area contributed by atoms with E-state index >= 15 is 0 Å². The van der Waals surface area contributed by atoms with E-state index in [1.807, 2.05) is 18.4 Å². The first-order chi connectivity index (χ1) is 7.74. The molecule has 0 spiro atoms. The van der Waals surface area contributed by atoms with Crippen molar-refractivity contribution in [2.45, 2.75) is 32.8 Å². The van der Waals surface area contributed by atoms with Crippen molar-refractivity contribution in [3.63, 3.8) is 0 Å². The molecular weight excluding hydrogens is 240 g/mol. The number of aliphatic hydroxyl groups is 1. The Kier molecular flexibility index (Phi) is 3.68. The topological polar surface area (TPSA) is 46.0 Å². The summed E-state index contributed by atoms with van der Waals surface area (Å²) in [5.41, 5.74) is 2.07. The third kappa shape index (κ3) is 2.16. The van der Waals surface area contributed by atoms with Gasteiger partial charge in [0.15, 0.2) is 0 Å². The predicted octanol–water partition coefficient (Wildman–Crippen LogP) is 2.94. The molecule has 2 aromatic heterocycles. The van der Waals surface area contributed by atoms with E-state index in [1.165, 1.54) is 11.5 Å². The molecule has 5 heteroatoms. The first-order valence-electron chi connectivity index (χ1n) is 5.27. The highest BCUT2D eigenvalue weighted by atomic mass is 32.1. The van der Waals surface area contributed by atoms with Crippen molar-refractivity contribution in [2.75, 3.05) is 0 Å². The SMILES string of the molecule is CCCc1nnsc1C(O)c1sccc1C. The molecule has 0 aromatic carbocycles. The summed E-state index contributed by atoms with van der Waals surface area (Å²) in [6, 6.07) is 2.02. The fourth-order valence-corrected chi connectivity index (χ4v) is 3.30. The number of thiophene rings is 1. The van der Waals surface area contributed by atoms with Gasteiger partial charge in [0.25, 0.3) is 0 Å². The van der Waals surface area contributed by atoms with Gasteiger partial charge in [-0.05, 0) is 41.9 Å². The van der Waals surface area contributed by atoms with E-state index in [0.29, 0.717) is 0 Å². The Morgan fingerprint density at radius 2 is 2.25 bits per heavy atom. The number of hydrogen-bond donors (Lipinski definition) is 1. The van der Waals surface area contributed by atoms with Crippen LogP contribution in [0.2, 0.25) is 0 Å². The number of aromatic nitrogens is 2. The van der Waals surface area contributed by atoms with Crippen LogP contribution in [-0.2, 0) is 6.42 Å². The zero-order valence-corrected chi connectivity index (χ0v) is 10.9. The Morgan fingerprint density at radius 3 is 2.88 bits per heavy atom. The summed E-state index contributed by atoms with van der Waals surface area (Å²) < 4.78 is 3.94. The highest BCUT2D eigenvalue weighted by molar-refractivity contribution is 7.10. The van der Waals surface area contributed by atoms with Crippen LogP contribution in [0, 0.1) is 6.92 Å². The summed E-state index contributed by atoms with van der Waals surface area (Å²) in [5.74, 6) is 0. The molecule has 0 amide bonds. The summed E-state index contributed by atoms with van der Waals surface area (Å²) in [6.07, 6.45) is 1.35. The van der Waals surface area contributed by atoms with E-state index in [-0.39, 0.29) is 0 Å². The maximum absolute atomic E-state index is 10.3. The molecule has 1 unspecified atom stereocenters. The van der Waals surface area contributed by atoms with Gasteiger partial charge in [-0.25, -0.2) is 0 Å². The van der Waals surface area contributed by atoms with Crippen molar-refractivity contribution in [3.8, 4) is 0 Å². The maximum Gasteiger partial charge on any atom is 0.126 e. The molecule has 0 bridgehead atoms. The highest BCUT2D eigenvalue weighted by Crippen LogP contribution is 2.32. The predicted molar refractivity (Wildman–Crippen MR) is 67.0 cm³/mol. The van der Waals surface area contributed by atoms with E-state index in [9.17, 15) is 5.11 Å². The number of rotatable bonds is 4. The van der Waals surface area contributed by atoms with Gasteiger partial charge in [0, 0.05) is 4.88 Å². The lowest BCUT2D eigenvalue weighted by Crippen LogP contribution is -2.00. The Hall–Kier alpha value is -0.780. The van der Waals surface area contributed by atoms with Gasteiger partial charge in [0.1, 0.15) is 6.10 Å². The van der Waals surface area contributed by atoms with Gasteiger partial charge >= 0.3 is 0 Å². The Morgan fingerprint density at radius 1 is 1.44 bits per heavy atom. The van der Waals surface area contributed by atoms with E-state index in [0.717, 1.165) is 33.9 Å². The van der Waals surface area contributed by atoms with Gasteiger partial charge in [-0.3, -0.25) is 0 Å². The monoisotopic (exact) mass is 254 g/mol. The fraction of sp³-hybridized carbons (Fsp3) is 0.455. The minimum Gasteiger partial charge on any atom is -0.382 e. The lowest BCUT2D eigenvalue weighted by atomic mass is 10.1. The van der Waals surface area contributed by atoms with Gasteiger partial charge in [0.2, 0.25) is 0 Å². The van der Waals surface area contributed by atoms with Crippen LogP contribution in [-0.4, -0.2) is 14.7 Å². The van der Waals surface area contributed by atoms with Crippen LogP contribution in [0.5, 0.6) is 0 Å². The normalized spacial score (nSPS) is 12.9. The molecule has 0 aliphatic heterocycles. The molecule has 3 nitrogen and oxygen atoms in total. The quantitative estimate of drug-likeness (QED) is 0.912. The average Bonchev–Trinajstić information content (AvgIpc) is 2.87. The standard InChI is InChI=1S/C11H14N2OS2/c1-3-4-8-11(16-13-12-8)9(14)10-7(2)5-6-15-10/h5-6,9,14H,3-4H2,1-2H3. The van der Waals surface area contributed by atoms with Gasteiger partial charge < -0.3 is 5.11 Å². The van der Waals surface area contributed by atoms with Crippen molar-refractivity contribution < 1.29 is 5.11 Å². The summed E-state index contributed by atoms with van der Waals surface area (Å²) >= 11 is 2.88. The average molecular weight is 254 g/mol. The number of nitrogens with zero attached hydrogens (tertiary/aromatic N) is 2. The van der Waals surface area contributed by atoms with Crippen molar-refractivity contribution in [1.29, 1.82) is 0 Å². The number of aliphatic hydroxyl groups excluding tert-OH is 1. The molecule has 0 saturated carbocycles. The van der Waals surface area contributed by atoms with Crippen LogP contribution in [0.4, 0.5) is 0 Å². The second-order valence-corrected chi connectivity index (χ2v) is 5.44. The molecule has 16 heavy (non-hydrogen) atoms. The Bertz CT molecular complexity index is 464. The van der Waals surface area contributed by atoms with Gasteiger partial charge in [0.05, 0.1) is 10.6 Å². The van der Waals surface area contributed by atoms with Crippen molar-refractivity contribution in [3.05, 3.63) is 32.5 Å². The third-order valence-electron chi connectivity index (χ3n) is 2.47. The van der Waals surface area contributed by atoms with Gasteiger partial charge in [-0.15, -0.1) is 16.4 Å². The fourth-order valence-electron chi connectivity index (χ4n) is 1.62. The van der Waals surface area contributed by atoms with Crippen LogP contribution < -0.4 is 0 Å². The molecule has 2 rings (SSSR count). The molecule has 1 atom stereocenters. The summed E-state index contributed by atoms with van der Waals surface area (Å²) in [4.78, 5) is 1.90. The molecule has 1 N–H and O–H groups in total. The second-order valence-electron chi connectivity index (χ2n) is 3.70. The van der Waals surface area contributed by atoms with E-state index in [4.69, 9.17) is 0 Å². The zero-order valence-electron chi connectivity index (χ0n) is 9.30. The summed E-state index contributed by atoms with van der Waals surface area (Å²) in [6.45, 7) is 4.12. The lowest BCUT2D eigenvalue weighted by Gasteiger charge is -2.08. The van der Waals surface area contributed by atoms with Gasteiger partial charge in [-0.1, -0.05) is 17.8 Å². The van der Waals surface area contributed by atoms with Crippen molar-refractivity contribution in [2.24, 2.45) is 0 Å². The first kappa shape index (κ1) is 11.7. The minimum absolute atomic E-state index is 0.554. The van der Waals surface area contributed by atoms with E-state index in [1.54, 1.807) is 11.3 Å². The molecule has 2 heterocycles. The third-order valence-corrected chi connectivity index (χ3v) is 4.36. The lowest BCUT2D eigenvalue weighted by molar-refractivity contribution is 0.226. The largest absolute Gasteiger partial charge is 0.382 e. The number of hydrogen-bond acceptors (Lipinski definition) is 5. The minimum atomic E-state index is -0.554. The summed E-state index contributed by atoms with van der Waals surface area (Å²) in [7, 11) is 0. The second kappa shape index (κ2) is 5.03. The molecular formula is C11H14N2OS2. The molecule has 0 radical (unpaired) electrons. The molecule has 0 aliphatic carbocycles. The molecule has 86 valence electrons. The van der Waals surface area contributed by atoms with Crippen molar-refractivity contribution >= 4 is 22.9 Å². The van der Waals surface area contributed by atoms with Crippen LogP contribution in [0.15, 0.2) is 11.4 Å². The molecule has 0 saturated heterocycles. The molecule has 0 aliphatic rings. The van der Waals surface area contributed by atoms with Crippen LogP contribution in [0.3, 0.4) is 0 Å².